The summed E-state index contributed by atoms with van der Waals surface area (Å²) in [6.07, 6.45) is 1.62. The number of Topliss-reactive ketones (excluding diaryl/α,β-unsaturated/α-hetero) is 1. The SMILES string of the molecule is COc1c(Cl)cc(/C(O)=C2\C(=O)C(=O)N(Cc3ccccn3)C2c2ccc(C(C)C)cc2)c(OC)c1Cl. The highest BCUT2D eigenvalue weighted by Gasteiger charge is 2.46. The van der Waals surface area contributed by atoms with E-state index in [4.69, 9.17) is 32.7 Å². The van der Waals surface area contributed by atoms with Crippen molar-refractivity contribution >= 4 is 40.7 Å². The van der Waals surface area contributed by atoms with Crippen LogP contribution in [0.2, 0.25) is 10.0 Å². The fraction of sp³-hybridized carbons (Fsp3) is 0.250. The predicted octanol–water partition coefficient (Wildman–Crippen LogP) is 6.15. The van der Waals surface area contributed by atoms with Crippen LogP contribution in [0.15, 0.2) is 60.3 Å². The molecular weight excluding hydrogens is 515 g/mol. The maximum absolute atomic E-state index is 13.4. The molecule has 0 spiro atoms. The van der Waals surface area contributed by atoms with Crippen molar-refractivity contribution in [1.29, 1.82) is 0 Å². The minimum atomic E-state index is -0.882. The van der Waals surface area contributed by atoms with Crippen LogP contribution in [0.1, 0.15) is 48.2 Å². The van der Waals surface area contributed by atoms with Gasteiger partial charge in [-0.25, -0.2) is 0 Å². The molecule has 1 N–H and O–H groups in total. The first kappa shape index (κ1) is 26.5. The van der Waals surface area contributed by atoms with Gasteiger partial charge in [0, 0.05) is 6.20 Å². The molecular formula is C28H26Cl2N2O5. The molecule has 0 bridgehead atoms. The molecule has 0 radical (unpaired) electrons. The van der Waals surface area contributed by atoms with Gasteiger partial charge < -0.3 is 19.5 Å². The minimum Gasteiger partial charge on any atom is -0.507 e. The Hall–Kier alpha value is -3.55. The Bertz CT molecular complexity index is 1370. The molecule has 0 aliphatic carbocycles. The normalized spacial score (nSPS) is 16.9. The van der Waals surface area contributed by atoms with Crippen LogP contribution in [-0.2, 0) is 16.1 Å². The topological polar surface area (TPSA) is 89.0 Å². The molecule has 1 atom stereocenters. The standard InChI is InChI=1S/C28H26Cl2N2O5/c1-15(2)16-8-10-17(11-9-16)23-21(25(34)28(35)32(23)14-18-7-5-6-12-31-18)24(33)19-13-20(29)27(37-4)22(30)26(19)36-3/h5-13,15,23,33H,14H2,1-4H3/b24-21+. The average Bonchev–Trinajstić information content (AvgIpc) is 3.13. The van der Waals surface area contributed by atoms with E-state index in [0.29, 0.717) is 17.2 Å². The van der Waals surface area contributed by atoms with E-state index < -0.39 is 23.5 Å². The first-order valence-electron chi connectivity index (χ1n) is 11.6. The van der Waals surface area contributed by atoms with Gasteiger partial charge in [-0.2, -0.15) is 0 Å². The number of benzene rings is 2. The second-order valence-electron chi connectivity index (χ2n) is 8.86. The summed E-state index contributed by atoms with van der Waals surface area (Å²) in [6.45, 7) is 4.22. The fourth-order valence-corrected chi connectivity index (χ4v) is 5.10. The van der Waals surface area contributed by atoms with E-state index in [9.17, 15) is 14.7 Å². The summed E-state index contributed by atoms with van der Waals surface area (Å²) >= 11 is 12.8. The van der Waals surface area contributed by atoms with Crippen molar-refractivity contribution < 1.29 is 24.2 Å². The number of ether oxygens (including phenoxy) is 2. The third kappa shape index (κ3) is 4.89. The molecule has 9 heteroatoms. The van der Waals surface area contributed by atoms with Gasteiger partial charge >= 0.3 is 0 Å². The number of carbonyl (C=O) groups excluding carboxylic acids is 2. The molecule has 0 saturated carbocycles. The van der Waals surface area contributed by atoms with Crippen LogP contribution in [0.5, 0.6) is 11.5 Å². The molecule has 2 heterocycles. The summed E-state index contributed by atoms with van der Waals surface area (Å²) < 4.78 is 10.7. The average molecular weight is 541 g/mol. The third-order valence-electron chi connectivity index (χ3n) is 6.31. The maximum atomic E-state index is 13.4. The second-order valence-corrected chi connectivity index (χ2v) is 9.64. The molecule has 1 saturated heterocycles. The highest BCUT2D eigenvalue weighted by molar-refractivity contribution is 6.47. The number of hydrogen-bond donors (Lipinski definition) is 1. The smallest absolute Gasteiger partial charge is 0.296 e. The number of nitrogens with zero attached hydrogens (tertiary/aromatic N) is 2. The zero-order chi connectivity index (χ0) is 26.9. The lowest BCUT2D eigenvalue weighted by molar-refractivity contribution is -0.140. The number of rotatable bonds is 7. The Balaban J connectivity index is 1.94. The van der Waals surface area contributed by atoms with Crippen LogP contribution in [0.3, 0.4) is 0 Å². The maximum Gasteiger partial charge on any atom is 0.296 e. The molecule has 3 aromatic rings. The molecule has 1 unspecified atom stereocenters. The highest BCUT2D eigenvalue weighted by atomic mass is 35.5. The molecule has 1 aliphatic heterocycles. The van der Waals surface area contributed by atoms with E-state index in [0.717, 1.165) is 5.56 Å². The van der Waals surface area contributed by atoms with Gasteiger partial charge in [-0.1, -0.05) is 67.4 Å². The van der Waals surface area contributed by atoms with Crippen molar-refractivity contribution in [3.63, 3.8) is 0 Å². The molecule has 7 nitrogen and oxygen atoms in total. The van der Waals surface area contributed by atoms with E-state index in [1.54, 1.807) is 24.4 Å². The van der Waals surface area contributed by atoms with Crippen molar-refractivity contribution in [2.24, 2.45) is 0 Å². The van der Waals surface area contributed by atoms with Gasteiger partial charge in [-0.3, -0.25) is 14.6 Å². The number of ketones is 1. The number of carbonyl (C=O) groups is 2. The molecule has 1 aromatic heterocycles. The summed E-state index contributed by atoms with van der Waals surface area (Å²) in [4.78, 5) is 32.4. The van der Waals surface area contributed by atoms with Crippen molar-refractivity contribution in [3.05, 3.63) is 92.7 Å². The zero-order valence-electron chi connectivity index (χ0n) is 20.8. The number of pyridine rings is 1. The molecule has 4 rings (SSSR count). The molecule has 1 fully saturated rings. The Kier molecular flexibility index (Phi) is 7.76. The molecule has 2 aromatic carbocycles. The Morgan fingerprint density at radius 2 is 1.73 bits per heavy atom. The van der Waals surface area contributed by atoms with Gasteiger partial charge in [0.2, 0.25) is 0 Å². The van der Waals surface area contributed by atoms with E-state index in [1.807, 2.05) is 24.3 Å². The first-order chi connectivity index (χ1) is 17.7. The van der Waals surface area contributed by atoms with Crippen molar-refractivity contribution in [1.82, 2.24) is 9.88 Å². The van der Waals surface area contributed by atoms with Gasteiger partial charge in [-0.05, 0) is 35.2 Å². The van der Waals surface area contributed by atoms with Gasteiger partial charge in [0.15, 0.2) is 11.5 Å². The lowest BCUT2D eigenvalue weighted by Crippen LogP contribution is -2.29. The van der Waals surface area contributed by atoms with Crippen molar-refractivity contribution in [3.8, 4) is 11.5 Å². The van der Waals surface area contributed by atoms with Crippen LogP contribution in [0.25, 0.3) is 5.76 Å². The zero-order valence-corrected chi connectivity index (χ0v) is 22.3. The van der Waals surface area contributed by atoms with Crippen LogP contribution in [0, 0.1) is 0 Å². The first-order valence-corrected chi connectivity index (χ1v) is 12.3. The highest BCUT2D eigenvalue weighted by Crippen LogP contribution is 2.47. The van der Waals surface area contributed by atoms with E-state index in [-0.39, 0.29) is 39.2 Å². The van der Waals surface area contributed by atoms with Gasteiger partial charge in [0.1, 0.15) is 10.8 Å². The summed E-state index contributed by atoms with van der Waals surface area (Å²) in [5.41, 5.74) is 2.32. The Labute approximate surface area is 225 Å². The second kappa shape index (κ2) is 10.8. The van der Waals surface area contributed by atoms with Crippen LogP contribution < -0.4 is 9.47 Å². The fourth-order valence-electron chi connectivity index (χ4n) is 4.41. The number of aliphatic hydroxyl groups is 1. The van der Waals surface area contributed by atoms with Crippen LogP contribution >= 0.6 is 23.2 Å². The number of aliphatic hydroxyl groups excluding tert-OH is 1. The molecule has 192 valence electrons. The number of hydrogen-bond acceptors (Lipinski definition) is 6. The number of methoxy groups -OCH3 is 2. The number of amides is 1. The van der Waals surface area contributed by atoms with Crippen LogP contribution in [-0.4, -0.2) is 40.9 Å². The minimum absolute atomic E-state index is 0.0274. The number of halogens is 2. The Morgan fingerprint density at radius 3 is 2.30 bits per heavy atom. The van der Waals surface area contributed by atoms with Gasteiger partial charge in [-0.15, -0.1) is 0 Å². The lowest BCUT2D eigenvalue weighted by Gasteiger charge is -2.25. The van der Waals surface area contributed by atoms with Gasteiger partial charge in [0.05, 0.1) is 48.7 Å². The number of likely N-dealkylation sites (tertiary alicyclic amines) is 1. The van der Waals surface area contributed by atoms with Crippen molar-refractivity contribution in [2.75, 3.05) is 14.2 Å². The van der Waals surface area contributed by atoms with E-state index >= 15 is 0 Å². The molecule has 37 heavy (non-hydrogen) atoms. The quantitative estimate of drug-likeness (QED) is 0.219. The molecule has 1 amide bonds. The number of aromatic nitrogens is 1. The largest absolute Gasteiger partial charge is 0.507 e. The monoisotopic (exact) mass is 540 g/mol. The summed E-state index contributed by atoms with van der Waals surface area (Å²) in [5.74, 6) is -1.53. The Morgan fingerprint density at radius 1 is 1.05 bits per heavy atom. The summed E-state index contributed by atoms with van der Waals surface area (Å²) in [5, 5.41) is 11.7. The van der Waals surface area contributed by atoms with Crippen LogP contribution in [0.4, 0.5) is 0 Å². The van der Waals surface area contributed by atoms with E-state index in [1.165, 1.54) is 25.2 Å². The van der Waals surface area contributed by atoms with Crippen molar-refractivity contribution in [2.45, 2.75) is 32.4 Å². The molecule has 1 aliphatic rings. The summed E-state index contributed by atoms with van der Waals surface area (Å²) in [6, 6.07) is 13.5. The lowest BCUT2D eigenvalue weighted by atomic mass is 9.93. The van der Waals surface area contributed by atoms with Gasteiger partial charge in [0.25, 0.3) is 11.7 Å². The third-order valence-corrected chi connectivity index (χ3v) is 6.94. The van der Waals surface area contributed by atoms with E-state index in [2.05, 4.69) is 18.8 Å². The summed E-state index contributed by atoms with van der Waals surface area (Å²) in [7, 11) is 2.77. The predicted molar refractivity (Wildman–Crippen MR) is 142 cm³/mol.